The van der Waals surface area contributed by atoms with E-state index in [1.54, 1.807) is 0 Å². The van der Waals surface area contributed by atoms with Gasteiger partial charge in [0.25, 0.3) is 0 Å². The van der Waals surface area contributed by atoms with Crippen molar-refractivity contribution in [1.82, 2.24) is 20.3 Å². The smallest absolute Gasteiger partial charge is 0.325 e. The third kappa shape index (κ3) is 6.57. The van der Waals surface area contributed by atoms with Crippen LogP contribution in [-0.4, -0.2) is 89.9 Å². The molecule has 2 heterocycles. The van der Waals surface area contributed by atoms with Crippen LogP contribution in [0.5, 0.6) is 0 Å². The molecule has 5 atom stereocenters. The highest BCUT2D eigenvalue weighted by Gasteiger charge is 2.44. The molecule has 5 unspecified atom stereocenters. The number of hydrogen-bond acceptors (Lipinski definition) is 9. The Morgan fingerprint density at radius 1 is 1.32 bits per heavy atom. The third-order valence-corrected chi connectivity index (χ3v) is 5.04. The van der Waals surface area contributed by atoms with Crippen LogP contribution in [-0.2, 0) is 32.0 Å². The number of nitrogens with zero attached hydrogens (tertiary/aromatic N) is 3. The summed E-state index contributed by atoms with van der Waals surface area (Å²) in [6.45, 7) is 0.167. The van der Waals surface area contributed by atoms with Gasteiger partial charge in [-0.1, -0.05) is 5.21 Å². The minimum absolute atomic E-state index is 0.143. The molecule has 0 radical (unpaired) electrons. The standard InChI is InChI=1S/C14H25N4O9P/c1-15-10(19)2-4-18-6-8(16-17-18)7-26-14-13(22)12(21)11(20)9(27-14)3-5-28(23,24)25/h6,9,11-14,20-22H,2-5,7H2,1H3,(H,15,19)(H2,23,24,25). The second-order valence-electron chi connectivity index (χ2n) is 6.40. The van der Waals surface area contributed by atoms with Crippen molar-refractivity contribution in [2.75, 3.05) is 13.2 Å². The highest BCUT2D eigenvalue weighted by molar-refractivity contribution is 7.51. The van der Waals surface area contributed by atoms with Crippen molar-refractivity contribution >= 4 is 13.5 Å². The van der Waals surface area contributed by atoms with Crippen LogP contribution in [0.1, 0.15) is 18.5 Å². The van der Waals surface area contributed by atoms with E-state index in [1.165, 1.54) is 17.9 Å². The molecule has 1 aliphatic heterocycles. The number of carbonyl (C=O) groups excluding carboxylic acids is 1. The Balaban J connectivity index is 1.90. The number of amides is 1. The summed E-state index contributed by atoms with van der Waals surface area (Å²) in [4.78, 5) is 29.1. The van der Waals surface area contributed by atoms with Crippen LogP contribution in [0.15, 0.2) is 6.20 Å². The number of aryl methyl sites for hydroxylation is 1. The van der Waals surface area contributed by atoms with E-state index in [9.17, 15) is 24.7 Å². The number of aliphatic hydroxyl groups is 3. The summed E-state index contributed by atoms with van der Waals surface area (Å²) in [5.41, 5.74) is 0.375. The molecule has 1 aromatic heterocycles. The maximum absolute atomic E-state index is 11.2. The van der Waals surface area contributed by atoms with Crippen molar-refractivity contribution in [2.24, 2.45) is 0 Å². The van der Waals surface area contributed by atoms with Gasteiger partial charge in [0.05, 0.1) is 31.6 Å². The molecule has 2 rings (SSSR count). The summed E-state index contributed by atoms with van der Waals surface area (Å²) < 4.78 is 23.2. The van der Waals surface area contributed by atoms with Crippen LogP contribution >= 0.6 is 7.60 Å². The minimum atomic E-state index is -4.32. The molecule has 1 fully saturated rings. The van der Waals surface area contributed by atoms with Gasteiger partial charge in [0.15, 0.2) is 6.29 Å². The largest absolute Gasteiger partial charge is 0.388 e. The molecule has 13 nitrogen and oxygen atoms in total. The van der Waals surface area contributed by atoms with Crippen LogP contribution in [0.3, 0.4) is 0 Å². The second kappa shape index (κ2) is 9.85. The molecule has 0 saturated carbocycles. The highest BCUT2D eigenvalue weighted by Crippen LogP contribution is 2.37. The van der Waals surface area contributed by atoms with Gasteiger partial charge in [-0.25, -0.2) is 0 Å². The molecular weight excluding hydrogens is 399 g/mol. The fraction of sp³-hybridized carbons (Fsp3) is 0.786. The molecule has 1 aliphatic rings. The number of aromatic nitrogens is 3. The molecule has 0 bridgehead atoms. The van der Waals surface area contributed by atoms with Crippen molar-refractivity contribution in [1.29, 1.82) is 0 Å². The number of aliphatic hydroxyl groups excluding tert-OH is 3. The van der Waals surface area contributed by atoms with E-state index >= 15 is 0 Å². The number of ether oxygens (including phenoxy) is 2. The van der Waals surface area contributed by atoms with Crippen LogP contribution in [0.2, 0.25) is 0 Å². The summed E-state index contributed by atoms with van der Waals surface area (Å²) in [6.07, 6.45) is -6.19. The van der Waals surface area contributed by atoms with Gasteiger partial charge in [-0.05, 0) is 6.42 Å². The molecule has 0 aliphatic carbocycles. The molecule has 28 heavy (non-hydrogen) atoms. The van der Waals surface area contributed by atoms with E-state index in [2.05, 4.69) is 15.6 Å². The van der Waals surface area contributed by atoms with Gasteiger partial charge in [-0.15, -0.1) is 5.10 Å². The van der Waals surface area contributed by atoms with E-state index in [0.29, 0.717) is 12.2 Å². The molecule has 0 aromatic carbocycles. The molecule has 1 saturated heterocycles. The highest BCUT2D eigenvalue weighted by atomic mass is 31.2. The molecule has 160 valence electrons. The monoisotopic (exact) mass is 424 g/mol. The summed E-state index contributed by atoms with van der Waals surface area (Å²) in [5, 5.41) is 40.1. The summed E-state index contributed by atoms with van der Waals surface area (Å²) in [5.74, 6) is -0.152. The van der Waals surface area contributed by atoms with Gasteiger partial charge in [-0.2, -0.15) is 0 Å². The molecule has 1 aromatic rings. The van der Waals surface area contributed by atoms with Crippen molar-refractivity contribution in [3.05, 3.63) is 11.9 Å². The second-order valence-corrected chi connectivity index (χ2v) is 8.18. The van der Waals surface area contributed by atoms with Crippen LogP contribution in [0.25, 0.3) is 0 Å². The van der Waals surface area contributed by atoms with Crippen molar-refractivity contribution < 1.29 is 43.9 Å². The molecule has 6 N–H and O–H groups in total. The van der Waals surface area contributed by atoms with E-state index in [0.717, 1.165) is 0 Å². The van der Waals surface area contributed by atoms with Crippen LogP contribution in [0, 0.1) is 0 Å². The third-order valence-electron chi connectivity index (χ3n) is 4.20. The zero-order chi connectivity index (χ0) is 20.9. The van der Waals surface area contributed by atoms with Gasteiger partial charge >= 0.3 is 7.60 Å². The first-order chi connectivity index (χ1) is 13.1. The lowest BCUT2D eigenvalue weighted by Crippen LogP contribution is -2.58. The topological polar surface area (TPSA) is 196 Å². The summed E-state index contributed by atoms with van der Waals surface area (Å²) in [6, 6.07) is 0. The fourth-order valence-corrected chi connectivity index (χ4v) is 3.20. The minimum Gasteiger partial charge on any atom is -0.388 e. The number of rotatable bonds is 9. The van der Waals surface area contributed by atoms with Gasteiger partial charge in [0.2, 0.25) is 5.91 Å². The summed E-state index contributed by atoms with van der Waals surface area (Å²) in [7, 11) is -2.79. The van der Waals surface area contributed by atoms with Gasteiger partial charge < -0.3 is 39.9 Å². The summed E-state index contributed by atoms with van der Waals surface area (Å²) >= 11 is 0. The first kappa shape index (κ1) is 22.8. The van der Waals surface area contributed by atoms with Crippen molar-refractivity contribution in [3.8, 4) is 0 Å². The molecule has 1 amide bonds. The van der Waals surface area contributed by atoms with E-state index < -0.39 is 44.5 Å². The lowest BCUT2D eigenvalue weighted by Gasteiger charge is -2.40. The average molecular weight is 424 g/mol. The predicted molar refractivity (Wildman–Crippen MR) is 91.7 cm³/mol. The quantitative estimate of drug-likeness (QED) is 0.226. The Morgan fingerprint density at radius 2 is 2.04 bits per heavy atom. The first-order valence-electron chi connectivity index (χ1n) is 8.56. The van der Waals surface area contributed by atoms with Gasteiger partial charge in [0, 0.05) is 13.5 Å². The zero-order valence-corrected chi connectivity index (χ0v) is 16.1. The number of nitrogens with one attached hydrogen (secondary N) is 1. The normalized spacial score (nSPS) is 28.3. The van der Waals surface area contributed by atoms with Gasteiger partial charge in [-0.3, -0.25) is 14.0 Å². The molecular formula is C14H25N4O9P. The number of carbonyl (C=O) groups is 1. The predicted octanol–water partition coefficient (Wildman–Crippen LogP) is -2.69. The van der Waals surface area contributed by atoms with Crippen LogP contribution < -0.4 is 5.32 Å². The fourth-order valence-electron chi connectivity index (χ4n) is 2.61. The Hall–Kier alpha value is -1.44. The Labute approximate surface area is 160 Å². The van der Waals surface area contributed by atoms with Crippen molar-refractivity contribution in [3.63, 3.8) is 0 Å². The molecule has 14 heteroatoms. The number of hydrogen-bond donors (Lipinski definition) is 6. The van der Waals surface area contributed by atoms with Crippen LogP contribution in [0.4, 0.5) is 0 Å². The molecule has 0 spiro atoms. The van der Waals surface area contributed by atoms with E-state index in [-0.39, 0.29) is 25.4 Å². The lowest BCUT2D eigenvalue weighted by atomic mass is 9.97. The van der Waals surface area contributed by atoms with E-state index in [4.69, 9.17) is 19.3 Å². The maximum atomic E-state index is 11.2. The Kier molecular flexibility index (Phi) is 8.04. The SMILES string of the molecule is CNC(=O)CCn1cc(COC2OC(CCP(=O)(O)O)C(O)C(O)C2O)nn1. The van der Waals surface area contributed by atoms with Crippen molar-refractivity contribution in [2.45, 2.75) is 56.7 Å². The lowest BCUT2D eigenvalue weighted by molar-refractivity contribution is -0.300. The maximum Gasteiger partial charge on any atom is 0.325 e. The van der Waals surface area contributed by atoms with Gasteiger partial charge in [0.1, 0.15) is 24.0 Å². The first-order valence-corrected chi connectivity index (χ1v) is 10.4. The zero-order valence-electron chi connectivity index (χ0n) is 15.2. The Bertz CT molecular complexity index is 696. The Morgan fingerprint density at radius 3 is 2.68 bits per heavy atom. The van der Waals surface area contributed by atoms with E-state index in [1.807, 2.05) is 0 Å². The average Bonchev–Trinajstić information content (AvgIpc) is 3.10.